The highest BCUT2D eigenvalue weighted by Gasteiger charge is 2.23. The van der Waals surface area contributed by atoms with Crippen LogP contribution < -0.4 is 5.32 Å². The van der Waals surface area contributed by atoms with Crippen LogP contribution in [0.3, 0.4) is 0 Å². The second-order valence-corrected chi connectivity index (χ2v) is 5.01. The zero-order chi connectivity index (χ0) is 12.1. The number of hydrogen-bond acceptors (Lipinski definition) is 2. The molecule has 2 rings (SSSR count). The Bertz CT molecular complexity index is 339. The Morgan fingerprint density at radius 1 is 1.53 bits per heavy atom. The summed E-state index contributed by atoms with van der Waals surface area (Å²) in [4.78, 5) is 11.9. The van der Waals surface area contributed by atoms with E-state index in [1.54, 1.807) is 6.26 Å². The second-order valence-electron chi connectivity index (χ2n) is 5.01. The fourth-order valence-corrected chi connectivity index (χ4v) is 2.43. The molecule has 1 aromatic heterocycles. The van der Waals surface area contributed by atoms with Gasteiger partial charge in [0.15, 0.2) is 0 Å². The van der Waals surface area contributed by atoms with Gasteiger partial charge in [-0.05, 0) is 38.3 Å². The highest BCUT2D eigenvalue weighted by atomic mass is 16.3. The van der Waals surface area contributed by atoms with Gasteiger partial charge in [0.2, 0.25) is 5.91 Å². The Balaban J connectivity index is 1.69. The predicted molar refractivity (Wildman–Crippen MR) is 66.6 cm³/mol. The monoisotopic (exact) mass is 235 g/mol. The Morgan fingerprint density at radius 2 is 2.29 bits per heavy atom. The molecule has 0 spiro atoms. The van der Waals surface area contributed by atoms with E-state index in [-0.39, 0.29) is 17.9 Å². The summed E-state index contributed by atoms with van der Waals surface area (Å²) in [5, 5.41) is 3.10. The largest absolute Gasteiger partial charge is 0.469 e. The third-order valence-corrected chi connectivity index (χ3v) is 3.52. The average molecular weight is 235 g/mol. The first-order valence-corrected chi connectivity index (χ1v) is 6.58. The Kier molecular flexibility index (Phi) is 4.24. The van der Waals surface area contributed by atoms with Crippen molar-refractivity contribution < 1.29 is 9.21 Å². The molecule has 1 fully saturated rings. The highest BCUT2D eigenvalue weighted by Crippen LogP contribution is 2.24. The van der Waals surface area contributed by atoms with E-state index in [1.807, 2.05) is 12.1 Å². The molecule has 1 atom stereocenters. The number of aryl methyl sites for hydroxylation is 1. The van der Waals surface area contributed by atoms with Gasteiger partial charge in [0.05, 0.1) is 6.26 Å². The zero-order valence-electron chi connectivity index (χ0n) is 10.4. The van der Waals surface area contributed by atoms with Gasteiger partial charge in [0, 0.05) is 18.4 Å². The minimum Gasteiger partial charge on any atom is -0.469 e. The van der Waals surface area contributed by atoms with E-state index in [1.165, 1.54) is 12.8 Å². The minimum atomic E-state index is 0.230. The van der Waals surface area contributed by atoms with Crippen molar-refractivity contribution >= 4 is 5.91 Å². The lowest BCUT2D eigenvalue weighted by Crippen LogP contribution is -2.36. The van der Waals surface area contributed by atoms with Gasteiger partial charge < -0.3 is 9.73 Å². The van der Waals surface area contributed by atoms with Crippen LogP contribution in [-0.4, -0.2) is 11.9 Å². The first-order valence-electron chi connectivity index (χ1n) is 6.58. The van der Waals surface area contributed by atoms with Crippen LogP contribution in [0.5, 0.6) is 0 Å². The van der Waals surface area contributed by atoms with Crippen molar-refractivity contribution in [2.75, 3.05) is 0 Å². The Morgan fingerprint density at radius 3 is 2.94 bits per heavy atom. The SMILES string of the molecule is CC(CCc1ccco1)NC(=O)C1CCCC1. The van der Waals surface area contributed by atoms with Crippen LogP contribution in [0.25, 0.3) is 0 Å². The molecule has 1 aliphatic rings. The van der Waals surface area contributed by atoms with E-state index in [9.17, 15) is 4.79 Å². The lowest BCUT2D eigenvalue weighted by molar-refractivity contribution is -0.125. The van der Waals surface area contributed by atoms with E-state index in [0.29, 0.717) is 0 Å². The molecule has 3 nitrogen and oxygen atoms in total. The maximum atomic E-state index is 11.9. The maximum absolute atomic E-state index is 11.9. The van der Waals surface area contributed by atoms with Crippen LogP contribution >= 0.6 is 0 Å². The molecule has 1 unspecified atom stereocenters. The lowest BCUT2D eigenvalue weighted by Gasteiger charge is -2.16. The molecular weight excluding hydrogens is 214 g/mol. The van der Waals surface area contributed by atoms with Gasteiger partial charge in [-0.2, -0.15) is 0 Å². The molecule has 0 bridgehead atoms. The van der Waals surface area contributed by atoms with E-state index in [0.717, 1.165) is 31.4 Å². The second kappa shape index (κ2) is 5.89. The molecule has 1 amide bonds. The van der Waals surface area contributed by atoms with E-state index < -0.39 is 0 Å². The molecule has 0 saturated heterocycles. The van der Waals surface area contributed by atoms with Crippen molar-refractivity contribution in [2.45, 2.75) is 51.5 Å². The molecule has 3 heteroatoms. The number of nitrogens with one attached hydrogen (secondary N) is 1. The fourth-order valence-electron chi connectivity index (χ4n) is 2.43. The van der Waals surface area contributed by atoms with Gasteiger partial charge in [-0.25, -0.2) is 0 Å². The topological polar surface area (TPSA) is 42.2 Å². The van der Waals surface area contributed by atoms with Crippen LogP contribution in [-0.2, 0) is 11.2 Å². The average Bonchev–Trinajstić information content (AvgIpc) is 2.99. The summed E-state index contributed by atoms with van der Waals surface area (Å²) in [6.45, 7) is 2.07. The fraction of sp³-hybridized carbons (Fsp3) is 0.643. The molecule has 17 heavy (non-hydrogen) atoms. The zero-order valence-corrected chi connectivity index (χ0v) is 10.4. The van der Waals surface area contributed by atoms with Gasteiger partial charge >= 0.3 is 0 Å². The first-order chi connectivity index (χ1) is 8.25. The molecule has 1 aromatic rings. The van der Waals surface area contributed by atoms with Crippen molar-refractivity contribution in [3.8, 4) is 0 Å². The van der Waals surface area contributed by atoms with Crippen molar-refractivity contribution in [3.05, 3.63) is 24.2 Å². The minimum absolute atomic E-state index is 0.230. The number of carbonyl (C=O) groups is 1. The van der Waals surface area contributed by atoms with Gasteiger partial charge in [-0.1, -0.05) is 12.8 Å². The van der Waals surface area contributed by atoms with Crippen LogP contribution in [0, 0.1) is 5.92 Å². The number of hydrogen-bond donors (Lipinski definition) is 1. The molecule has 0 aliphatic heterocycles. The predicted octanol–water partition coefficient (Wildman–Crippen LogP) is 2.91. The van der Waals surface area contributed by atoms with Crippen LogP contribution in [0.2, 0.25) is 0 Å². The molecule has 0 radical (unpaired) electrons. The first kappa shape index (κ1) is 12.2. The molecule has 94 valence electrons. The van der Waals surface area contributed by atoms with E-state index >= 15 is 0 Å². The van der Waals surface area contributed by atoms with Crippen molar-refractivity contribution in [1.29, 1.82) is 0 Å². The Labute approximate surface area is 103 Å². The number of rotatable bonds is 5. The lowest BCUT2D eigenvalue weighted by atomic mass is 10.1. The van der Waals surface area contributed by atoms with Crippen LogP contribution in [0.4, 0.5) is 0 Å². The summed E-state index contributed by atoms with van der Waals surface area (Å²) < 4.78 is 5.28. The number of furan rings is 1. The molecule has 1 aliphatic carbocycles. The van der Waals surface area contributed by atoms with Crippen LogP contribution in [0.1, 0.15) is 44.8 Å². The molecule has 1 heterocycles. The summed E-state index contributed by atoms with van der Waals surface area (Å²) in [6.07, 6.45) is 8.06. The van der Waals surface area contributed by atoms with E-state index in [4.69, 9.17) is 4.42 Å². The highest BCUT2D eigenvalue weighted by molar-refractivity contribution is 5.79. The van der Waals surface area contributed by atoms with Gasteiger partial charge in [0.1, 0.15) is 5.76 Å². The van der Waals surface area contributed by atoms with Crippen molar-refractivity contribution in [1.82, 2.24) is 5.32 Å². The molecular formula is C14H21NO2. The number of carbonyl (C=O) groups excluding carboxylic acids is 1. The third-order valence-electron chi connectivity index (χ3n) is 3.52. The summed E-state index contributed by atoms with van der Waals surface area (Å²) in [5.41, 5.74) is 0. The van der Waals surface area contributed by atoms with Gasteiger partial charge in [-0.15, -0.1) is 0 Å². The molecule has 1 saturated carbocycles. The van der Waals surface area contributed by atoms with Crippen molar-refractivity contribution in [2.24, 2.45) is 5.92 Å². The third kappa shape index (κ3) is 3.62. The Hall–Kier alpha value is -1.25. The summed E-state index contributed by atoms with van der Waals surface area (Å²) in [7, 11) is 0. The standard InChI is InChI=1S/C14H21NO2/c1-11(8-9-13-7-4-10-17-13)15-14(16)12-5-2-3-6-12/h4,7,10-12H,2-3,5-6,8-9H2,1H3,(H,15,16). The van der Waals surface area contributed by atoms with Gasteiger partial charge in [-0.3, -0.25) is 4.79 Å². The summed E-state index contributed by atoms with van der Waals surface area (Å²) >= 11 is 0. The quantitative estimate of drug-likeness (QED) is 0.852. The number of amides is 1. The van der Waals surface area contributed by atoms with Crippen molar-refractivity contribution in [3.63, 3.8) is 0 Å². The van der Waals surface area contributed by atoms with Crippen LogP contribution in [0.15, 0.2) is 22.8 Å². The smallest absolute Gasteiger partial charge is 0.223 e. The molecule has 0 aromatic carbocycles. The molecule has 1 N–H and O–H groups in total. The van der Waals surface area contributed by atoms with E-state index in [2.05, 4.69) is 12.2 Å². The maximum Gasteiger partial charge on any atom is 0.223 e. The normalized spacial score (nSPS) is 18.2. The summed E-state index contributed by atoms with van der Waals surface area (Å²) in [6, 6.07) is 4.11. The van der Waals surface area contributed by atoms with Gasteiger partial charge in [0.25, 0.3) is 0 Å². The summed E-state index contributed by atoms with van der Waals surface area (Å²) in [5.74, 6) is 1.50.